The highest BCUT2D eigenvalue weighted by molar-refractivity contribution is 6.02. The second kappa shape index (κ2) is 6.39. The summed E-state index contributed by atoms with van der Waals surface area (Å²) in [6.45, 7) is 1.95. The van der Waals surface area contributed by atoms with Crippen molar-refractivity contribution in [2.45, 2.75) is 32.2 Å². The molecule has 1 atom stereocenters. The van der Waals surface area contributed by atoms with Crippen LogP contribution in [0, 0.1) is 0 Å². The first-order valence-corrected chi connectivity index (χ1v) is 6.83. The zero-order valence-electron chi connectivity index (χ0n) is 11.7. The number of benzene rings is 1. The molecule has 1 unspecified atom stereocenters. The van der Waals surface area contributed by atoms with Gasteiger partial charge in [-0.15, -0.1) is 0 Å². The van der Waals surface area contributed by atoms with E-state index in [2.05, 4.69) is 0 Å². The molecule has 112 valence electrons. The number of rotatable bonds is 5. The molecular formula is C15H17NO5. The molecule has 0 bridgehead atoms. The van der Waals surface area contributed by atoms with Crippen LogP contribution in [0.1, 0.15) is 25.3 Å². The van der Waals surface area contributed by atoms with Gasteiger partial charge in [0.1, 0.15) is 6.04 Å². The fourth-order valence-corrected chi connectivity index (χ4v) is 2.45. The van der Waals surface area contributed by atoms with Crippen molar-refractivity contribution in [3.63, 3.8) is 0 Å². The Hall–Kier alpha value is -2.37. The van der Waals surface area contributed by atoms with E-state index in [1.54, 1.807) is 19.1 Å². The fourth-order valence-electron chi connectivity index (χ4n) is 2.45. The van der Waals surface area contributed by atoms with Crippen molar-refractivity contribution in [3.05, 3.63) is 29.8 Å². The summed E-state index contributed by atoms with van der Waals surface area (Å²) in [5, 5.41) is 9.28. The lowest BCUT2D eigenvalue weighted by atomic mass is 10.1. The topological polar surface area (TPSA) is 83.9 Å². The number of carbonyl (C=O) groups is 3. The van der Waals surface area contributed by atoms with E-state index in [1.165, 1.54) is 4.90 Å². The molecule has 1 aliphatic rings. The third-order valence-corrected chi connectivity index (χ3v) is 3.38. The lowest BCUT2D eigenvalue weighted by Gasteiger charge is -2.22. The monoisotopic (exact) mass is 291 g/mol. The van der Waals surface area contributed by atoms with E-state index in [9.17, 15) is 19.5 Å². The molecule has 0 saturated carbocycles. The van der Waals surface area contributed by atoms with Gasteiger partial charge in [-0.1, -0.05) is 18.2 Å². The number of nitrogens with zero attached hydrogens (tertiary/aromatic N) is 1. The summed E-state index contributed by atoms with van der Waals surface area (Å²) in [5.41, 5.74) is 1.44. The zero-order chi connectivity index (χ0) is 15.4. The molecule has 0 radical (unpaired) electrons. The summed E-state index contributed by atoms with van der Waals surface area (Å²) in [6, 6.07) is 6.20. The Labute approximate surface area is 122 Å². The lowest BCUT2D eigenvalue weighted by molar-refractivity contribution is -0.144. The highest BCUT2D eigenvalue weighted by Crippen LogP contribution is 2.32. The van der Waals surface area contributed by atoms with E-state index < -0.39 is 18.0 Å². The van der Waals surface area contributed by atoms with E-state index in [4.69, 9.17) is 4.74 Å². The highest BCUT2D eigenvalue weighted by Gasteiger charge is 2.37. The van der Waals surface area contributed by atoms with Crippen LogP contribution in [0.5, 0.6) is 0 Å². The Morgan fingerprint density at radius 1 is 1.29 bits per heavy atom. The van der Waals surface area contributed by atoms with Gasteiger partial charge < -0.3 is 9.84 Å². The first kappa shape index (κ1) is 15.0. The third-order valence-electron chi connectivity index (χ3n) is 3.38. The summed E-state index contributed by atoms with van der Waals surface area (Å²) < 4.78 is 4.77. The molecule has 0 fully saturated rings. The van der Waals surface area contributed by atoms with Crippen LogP contribution in [0.15, 0.2) is 24.3 Å². The molecule has 0 saturated heterocycles. The third kappa shape index (κ3) is 3.21. The zero-order valence-corrected chi connectivity index (χ0v) is 11.7. The van der Waals surface area contributed by atoms with E-state index in [-0.39, 0.29) is 31.8 Å². The number of carbonyl (C=O) groups excluding carboxylic acids is 2. The van der Waals surface area contributed by atoms with Gasteiger partial charge in [-0.2, -0.15) is 0 Å². The van der Waals surface area contributed by atoms with Crippen LogP contribution in [-0.4, -0.2) is 35.6 Å². The summed E-state index contributed by atoms with van der Waals surface area (Å²) in [5.74, 6) is -1.87. The molecule has 1 amide bonds. The minimum Gasteiger partial charge on any atom is -0.480 e. The van der Waals surface area contributed by atoms with Crippen LogP contribution >= 0.6 is 0 Å². The first-order valence-electron chi connectivity index (χ1n) is 6.83. The molecule has 2 rings (SSSR count). The van der Waals surface area contributed by atoms with Crippen LogP contribution in [0.4, 0.5) is 5.69 Å². The largest absolute Gasteiger partial charge is 0.480 e. The second-order valence-corrected chi connectivity index (χ2v) is 4.76. The smallest absolute Gasteiger partial charge is 0.327 e. The Bertz CT molecular complexity index is 569. The van der Waals surface area contributed by atoms with Gasteiger partial charge in [0.25, 0.3) is 0 Å². The maximum absolute atomic E-state index is 12.3. The minimum absolute atomic E-state index is 0.0440. The van der Waals surface area contributed by atoms with Gasteiger partial charge in [-0.25, -0.2) is 4.79 Å². The first-order chi connectivity index (χ1) is 10.0. The van der Waals surface area contributed by atoms with Crippen LogP contribution < -0.4 is 4.90 Å². The van der Waals surface area contributed by atoms with Crippen LogP contribution in [0.25, 0.3) is 0 Å². The van der Waals surface area contributed by atoms with Gasteiger partial charge >= 0.3 is 11.9 Å². The minimum atomic E-state index is -1.05. The normalized spacial score (nSPS) is 16.4. The summed E-state index contributed by atoms with van der Waals surface area (Å²) in [4.78, 5) is 36.2. The molecule has 1 aromatic rings. The van der Waals surface area contributed by atoms with Crippen LogP contribution in [0.3, 0.4) is 0 Å². The molecule has 21 heavy (non-hydrogen) atoms. The van der Waals surface area contributed by atoms with E-state index in [0.717, 1.165) is 5.56 Å². The fraction of sp³-hybridized carbons (Fsp3) is 0.400. The van der Waals surface area contributed by atoms with Crippen molar-refractivity contribution in [1.82, 2.24) is 0 Å². The summed E-state index contributed by atoms with van der Waals surface area (Å²) in [7, 11) is 0. The van der Waals surface area contributed by atoms with Crippen LogP contribution in [0.2, 0.25) is 0 Å². The molecule has 6 nitrogen and oxygen atoms in total. The Morgan fingerprint density at radius 3 is 2.67 bits per heavy atom. The molecule has 0 aromatic heterocycles. The second-order valence-electron chi connectivity index (χ2n) is 4.76. The average molecular weight is 291 g/mol. The quantitative estimate of drug-likeness (QED) is 0.828. The molecule has 6 heteroatoms. The number of para-hydroxylation sites is 1. The molecular weight excluding hydrogens is 274 g/mol. The van der Waals surface area contributed by atoms with Gasteiger partial charge in [0, 0.05) is 18.5 Å². The molecule has 1 heterocycles. The average Bonchev–Trinajstić information content (AvgIpc) is 2.85. The number of anilines is 1. The van der Waals surface area contributed by atoms with Crippen molar-refractivity contribution >= 4 is 23.5 Å². The number of ether oxygens (including phenoxy) is 1. The molecule has 0 spiro atoms. The number of hydrogen-bond donors (Lipinski definition) is 1. The highest BCUT2D eigenvalue weighted by atomic mass is 16.5. The van der Waals surface area contributed by atoms with Crippen molar-refractivity contribution in [2.75, 3.05) is 11.5 Å². The summed E-state index contributed by atoms with van der Waals surface area (Å²) in [6.07, 6.45) is 0.186. The van der Waals surface area contributed by atoms with E-state index >= 15 is 0 Å². The number of amides is 1. The SMILES string of the molecule is CCOC(=O)CCC(=O)N1c2ccccc2CC1C(=O)O. The van der Waals surface area contributed by atoms with Crippen molar-refractivity contribution in [3.8, 4) is 0 Å². The predicted molar refractivity (Wildman–Crippen MR) is 74.9 cm³/mol. The standard InChI is InChI=1S/C15H17NO5/c1-2-21-14(18)8-7-13(17)16-11-6-4-3-5-10(11)9-12(16)15(19)20/h3-6,12H,2,7-9H2,1H3,(H,19,20). The lowest BCUT2D eigenvalue weighted by Crippen LogP contribution is -2.43. The van der Waals surface area contributed by atoms with Crippen molar-refractivity contribution in [2.24, 2.45) is 0 Å². The van der Waals surface area contributed by atoms with E-state index in [0.29, 0.717) is 5.69 Å². The Morgan fingerprint density at radius 2 is 2.00 bits per heavy atom. The molecule has 1 N–H and O–H groups in total. The van der Waals surface area contributed by atoms with E-state index in [1.807, 2.05) is 12.1 Å². The summed E-state index contributed by atoms with van der Waals surface area (Å²) >= 11 is 0. The number of hydrogen-bond acceptors (Lipinski definition) is 4. The molecule has 0 aliphatic carbocycles. The predicted octanol–water partition coefficient (Wildman–Crippen LogP) is 1.37. The number of carboxylic acid groups (broad SMARTS) is 1. The Balaban J connectivity index is 2.13. The van der Waals surface area contributed by atoms with Gasteiger partial charge in [0.05, 0.1) is 13.0 Å². The van der Waals surface area contributed by atoms with Crippen molar-refractivity contribution < 1.29 is 24.2 Å². The molecule has 1 aliphatic heterocycles. The maximum atomic E-state index is 12.3. The van der Waals surface area contributed by atoms with Crippen LogP contribution in [-0.2, 0) is 25.5 Å². The van der Waals surface area contributed by atoms with Crippen molar-refractivity contribution in [1.29, 1.82) is 0 Å². The van der Waals surface area contributed by atoms with Gasteiger partial charge in [-0.05, 0) is 18.6 Å². The van der Waals surface area contributed by atoms with Gasteiger partial charge in [-0.3, -0.25) is 14.5 Å². The number of carboxylic acids is 1. The Kier molecular flexibility index (Phi) is 4.57. The maximum Gasteiger partial charge on any atom is 0.327 e. The molecule has 1 aromatic carbocycles. The van der Waals surface area contributed by atoms with Gasteiger partial charge in [0.2, 0.25) is 5.91 Å². The number of esters is 1. The van der Waals surface area contributed by atoms with Gasteiger partial charge in [0.15, 0.2) is 0 Å². The number of aliphatic carboxylic acids is 1. The number of fused-ring (bicyclic) bond motifs is 1.